The van der Waals surface area contributed by atoms with Crippen molar-refractivity contribution in [2.75, 3.05) is 4.90 Å². The fourth-order valence-corrected chi connectivity index (χ4v) is 8.89. The molecule has 0 spiro atoms. The molecule has 0 aliphatic rings. The molecule has 0 saturated heterocycles. The van der Waals surface area contributed by atoms with E-state index in [0.717, 1.165) is 17.1 Å². The molecule has 0 radical (unpaired) electrons. The normalized spacial score (nSPS) is 11.6. The number of benzene rings is 9. The Morgan fingerprint density at radius 3 is 1.48 bits per heavy atom. The summed E-state index contributed by atoms with van der Waals surface area (Å²) in [5, 5.41) is 10.4. The Balaban J connectivity index is 1.07. The van der Waals surface area contributed by atoms with Crippen molar-refractivity contribution in [3.63, 3.8) is 0 Å². The van der Waals surface area contributed by atoms with Gasteiger partial charge in [-0.25, -0.2) is 0 Å². The maximum atomic E-state index is 2.39. The lowest BCUT2D eigenvalue weighted by Gasteiger charge is -2.26. The number of nitrogens with zero attached hydrogens (tertiary/aromatic N) is 1. The summed E-state index contributed by atoms with van der Waals surface area (Å²) in [6.07, 6.45) is 0. The second-order valence-electron chi connectivity index (χ2n) is 12.9. The molecule has 0 N–H and O–H groups in total. The molecule has 2 heteroatoms. The topological polar surface area (TPSA) is 3.24 Å². The van der Waals surface area contributed by atoms with Gasteiger partial charge in [-0.05, 0) is 109 Å². The first-order valence-electron chi connectivity index (χ1n) is 17.1. The molecule has 50 heavy (non-hydrogen) atoms. The highest BCUT2D eigenvalue weighted by Crippen LogP contribution is 2.44. The summed E-state index contributed by atoms with van der Waals surface area (Å²) in [4.78, 5) is 2.35. The molecule has 10 aromatic rings. The fourth-order valence-electron chi connectivity index (χ4n) is 7.73. The molecule has 10 rings (SSSR count). The van der Waals surface area contributed by atoms with Crippen LogP contribution in [0, 0.1) is 0 Å². The lowest BCUT2D eigenvalue weighted by atomic mass is 9.93. The lowest BCUT2D eigenvalue weighted by molar-refractivity contribution is 1.28. The van der Waals surface area contributed by atoms with Gasteiger partial charge in [0, 0.05) is 37.2 Å². The third-order valence-corrected chi connectivity index (χ3v) is 11.2. The van der Waals surface area contributed by atoms with Crippen molar-refractivity contribution in [3.05, 3.63) is 188 Å². The summed E-state index contributed by atoms with van der Waals surface area (Å²) in [5.41, 5.74) is 8.32. The van der Waals surface area contributed by atoms with E-state index in [0.29, 0.717) is 0 Å². The molecule has 234 valence electrons. The van der Waals surface area contributed by atoms with E-state index in [4.69, 9.17) is 0 Å². The van der Waals surface area contributed by atoms with E-state index in [-0.39, 0.29) is 0 Å². The highest BCUT2D eigenvalue weighted by molar-refractivity contribution is 7.26. The molecular formula is C48H31NS. The molecule has 1 aromatic heterocycles. The van der Waals surface area contributed by atoms with Crippen LogP contribution >= 0.6 is 11.3 Å². The van der Waals surface area contributed by atoms with E-state index in [2.05, 4.69) is 193 Å². The zero-order valence-corrected chi connectivity index (χ0v) is 28.1. The van der Waals surface area contributed by atoms with E-state index in [1.54, 1.807) is 0 Å². The maximum Gasteiger partial charge on any atom is 0.0462 e. The van der Waals surface area contributed by atoms with Gasteiger partial charge in [-0.15, -0.1) is 11.3 Å². The van der Waals surface area contributed by atoms with Gasteiger partial charge in [0.15, 0.2) is 0 Å². The molecule has 0 aliphatic heterocycles. The largest absolute Gasteiger partial charge is 0.311 e. The summed E-state index contributed by atoms with van der Waals surface area (Å²) in [6.45, 7) is 0. The van der Waals surface area contributed by atoms with E-state index in [1.807, 2.05) is 11.3 Å². The van der Waals surface area contributed by atoms with Crippen molar-refractivity contribution in [1.82, 2.24) is 0 Å². The summed E-state index contributed by atoms with van der Waals surface area (Å²) in [7, 11) is 0. The zero-order valence-electron chi connectivity index (χ0n) is 27.3. The Kier molecular flexibility index (Phi) is 6.75. The van der Waals surface area contributed by atoms with Crippen LogP contribution in [0.4, 0.5) is 17.1 Å². The SMILES string of the molecule is c1ccc(N(c2ccc(-c3cc4ccccc4c4ccccc34)cc2)c2ccc(-c3cc4sc5ccccc5c4c4ccccc34)cc2)cc1. The van der Waals surface area contributed by atoms with Crippen molar-refractivity contribution in [1.29, 1.82) is 0 Å². The van der Waals surface area contributed by atoms with Crippen molar-refractivity contribution in [2.24, 2.45) is 0 Å². The summed E-state index contributed by atoms with van der Waals surface area (Å²) in [6, 6.07) is 68.6. The van der Waals surface area contributed by atoms with Crippen molar-refractivity contribution < 1.29 is 0 Å². The zero-order chi connectivity index (χ0) is 33.0. The van der Waals surface area contributed by atoms with Crippen molar-refractivity contribution in [2.45, 2.75) is 0 Å². The van der Waals surface area contributed by atoms with Crippen molar-refractivity contribution in [3.8, 4) is 22.3 Å². The molecule has 1 heterocycles. The van der Waals surface area contributed by atoms with E-state index in [1.165, 1.54) is 74.7 Å². The summed E-state index contributed by atoms with van der Waals surface area (Å²) >= 11 is 1.88. The highest BCUT2D eigenvalue weighted by Gasteiger charge is 2.16. The van der Waals surface area contributed by atoms with Crippen LogP contribution in [0.25, 0.3) is 74.7 Å². The molecule has 1 nitrogen and oxygen atoms in total. The minimum Gasteiger partial charge on any atom is -0.311 e. The predicted octanol–water partition coefficient (Wildman–Crippen LogP) is 14.3. The Hall–Kier alpha value is -6.22. The van der Waals surface area contributed by atoms with Crippen LogP contribution < -0.4 is 4.90 Å². The van der Waals surface area contributed by atoms with Crippen LogP contribution in [0.15, 0.2) is 188 Å². The molecule has 0 bridgehead atoms. The van der Waals surface area contributed by atoms with Gasteiger partial charge in [-0.1, -0.05) is 133 Å². The predicted molar refractivity (Wildman–Crippen MR) is 217 cm³/mol. The number of rotatable bonds is 5. The number of para-hydroxylation sites is 1. The van der Waals surface area contributed by atoms with Gasteiger partial charge in [0.2, 0.25) is 0 Å². The summed E-state index contributed by atoms with van der Waals surface area (Å²) in [5.74, 6) is 0. The third kappa shape index (κ3) is 4.69. The molecule has 0 amide bonds. The van der Waals surface area contributed by atoms with Gasteiger partial charge in [0.25, 0.3) is 0 Å². The van der Waals surface area contributed by atoms with E-state index >= 15 is 0 Å². The number of thiophene rings is 1. The van der Waals surface area contributed by atoms with Crippen LogP contribution in [-0.4, -0.2) is 0 Å². The Morgan fingerprint density at radius 1 is 0.320 bits per heavy atom. The first kappa shape index (κ1) is 28.8. The number of hydrogen-bond donors (Lipinski definition) is 0. The minimum atomic E-state index is 1.12. The minimum absolute atomic E-state index is 1.12. The fraction of sp³-hybridized carbons (Fsp3) is 0. The Labute approximate surface area is 294 Å². The van der Waals surface area contributed by atoms with Gasteiger partial charge < -0.3 is 4.90 Å². The van der Waals surface area contributed by atoms with Crippen molar-refractivity contribution >= 4 is 80.9 Å². The number of fused-ring (bicyclic) bond motifs is 8. The number of hydrogen-bond acceptors (Lipinski definition) is 2. The second kappa shape index (κ2) is 11.7. The van der Waals surface area contributed by atoms with E-state index in [9.17, 15) is 0 Å². The Morgan fingerprint density at radius 2 is 0.800 bits per heavy atom. The highest BCUT2D eigenvalue weighted by atomic mass is 32.1. The average Bonchev–Trinajstić information content (AvgIpc) is 3.57. The maximum absolute atomic E-state index is 2.39. The first-order chi connectivity index (χ1) is 24.8. The first-order valence-corrected chi connectivity index (χ1v) is 17.9. The molecule has 0 atom stereocenters. The van der Waals surface area contributed by atoms with E-state index < -0.39 is 0 Å². The van der Waals surface area contributed by atoms with Gasteiger partial charge in [-0.3, -0.25) is 0 Å². The van der Waals surface area contributed by atoms with Crippen LogP contribution in [0.3, 0.4) is 0 Å². The summed E-state index contributed by atoms with van der Waals surface area (Å²) < 4.78 is 2.66. The van der Waals surface area contributed by atoms with Crippen LogP contribution in [0.1, 0.15) is 0 Å². The molecule has 0 saturated carbocycles. The lowest BCUT2D eigenvalue weighted by Crippen LogP contribution is -2.09. The van der Waals surface area contributed by atoms with Gasteiger partial charge >= 0.3 is 0 Å². The molecule has 9 aromatic carbocycles. The second-order valence-corrected chi connectivity index (χ2v) is 14.0. The number of anilines is 3. The van der Waals surface area contributed by atoms with Crippen LogP contribution in [0.2, 0.25) is 0 Å². The smallest absolute Gasteiger partial charge is 0.0462 e. The van der Waals surface area contributed by atoms with Crippen LogP contribution in [-0.2, 0) is 0 Å². The average molecular weight is 654 g/mol. The monoisotopic (exact) mass is 653 g/mol. The van der Waals surface area contributed by atoms with Gasteiger partial charge in [0.1, 0.15) is 0 Å². The quantitative estimate of drug-likeness (QED) is 0.167. The third-order valence-electron chi connectivity index (χ3n) is 10.0. The van der Waals surface area contributed by atoms with Gasteiger partial charge in [-0.2, -0.15) is 0 Å². The Bertz CT molecular complexity index is 2850. The molecular weight excluding hydrogens is 623 g/mol. The van der Waals surface area contributed by atoms with Crippen LogP contribution in [0.5, 0.6) is 0 Å². The molecule has 0 aliphatic carbocycles. The molecule has 0 fully saturated rings. The van der Waals surface area contributed by atoms with Gasteiger partial charge in [0.05, 0.1) is 0 Å². The molecule has 0 unspecified atom stereocenters. The standard InChI is InChI=1S/C48H31NS/c1-2-13-35(14-3-1)49(36-26-22-32(23-27-36)44-30-34-12-4-5-15-38(34)39-16-6-7-17-40(39)44)37-28-24-33(25-29-37)45-31-47-48(42-19-9-8-18-41(42)45)43-20-10-11-21-46(43)50-47/h1-31H.